The smallest absolute Gasteiger partial charge is 0.206 e. The lowest BCUT2D eigenvalue weighted by Crippen LogP contribution is -2.50. The number of nitrogens with zero attached hydrogens (tertiary/aromatic N) is 1. The van der Waals surface area contributed by atoms with E-state index in [2.05, 4.69) is 36.5 Å². The highest BCUT2D eigenvalue weighted by atomic mass is 15.3. The van der Waals surface area contributed by atoms with Gasteiger partial charge in [0.05, 0.1) is 6.04 Å². The van der Waals surface area contributed by atoms with E-state index in [9.17, 15) is 0 Å². The Labute approximate surface area is 86.3 Å². The molecular formula is C10H22N4. The van der Waals surface area contributed by atoms with Crippen LogP contribution in [0.4, 0.5) is 0 Å². The maximum absolute atomic E-state index is 5.41. The predicted octanol–water partition coefficient (Wildman–Crippen LogP) is 1.14. The molecule has 4 N–H and O–H groups in total. The fourth-order valence-electron chi connectivity index (χ4n) is 1.68. The van der Waals surface area contributed by atoms with Crippen LogP contribution in [-0.2, 0) is 0 Å². The topological polar surface area (TPSA) is 62.4 Å². The average molecular weight is 198 g/mol. The second kappa shape index (κ2) is 4.64. The largest absolute Gasteiger partial charge is 0.351 e. The van der Waals surface area contributed by atoms with Crippen LogP contribution in [0, 0.1) is 0 Å². The minimum Gasteiger partial charge on any atom is -0.351 e. The van der Waals surface area contributed by atoms with E-state index in [4.69, 9.17) is 5.84 Å². The molecule has 1 rings (SSSR count). The van der Waals surface area contributed by atoms with Crippen LogP contribution < -0.4 is 16.6 Å². The molecule has 82 valence electrons. The van der Waals surface area contributed by atoms with Crippen LogP contribution in [0.15, 0.2) is 4.99 Å². The Morgan fingerprint density at radius 2 is 1.86 bits per heavy atom. The minimum atomic E-state index is 0.00378. The number of hydrogen-bond acceptors (Lipinski definition) is 2. The van der Waals surface area contributed by atoms with Crippen molar-refractivity contribution in [2.75, 3.05) is 0 Å². The molecule has 0 amide bonds. The Morgan fingerprint density at radius 1 is 1.29 bits per heavy atom. The van der Waals surface area contributed by atoms with E-state index in [1.807, 2.05) is 0 Å². The summed E-state index contributed by atoms with van der Waals surface area (Å²) in [5, 5.41) is 3.25. The van der Waals surface area contributed by atoms with Gasteiger partial charge in [-0.2, -0.15) is 0 Å². The maximum Gasteiger partial charge on any atom is 0.206 e. The first-order chi connectivity index (χ1) is 6.51. The highest BCUT2D eigenvalue weighted by Crippen LogP contribution is 2.20. The van der Waals surface area contributed by atoms with Crippen molar-refractivity contribution in [1.29, 1.82) is 0 Å². The molecule has 1 saturated carbocycles. The van der Waals surface area contributed by atoms with E-state index in [0.29, 0.717) is 12.0 Å². The maximum atomic E-state index is 5.41. The van der Waals surface area contributed by atoms with Crippen LogP contribution in [0.2, 0.25) is 0 Å². The summed E-state index contributed by atoms with van der Waals surface area (Å²) < 4.78 is 0. The molecule has 4 heteroatoms. The van der Waals surface area contributed by atoms with E-state index in [1.54, 1.807) is 0 Å². The summed E-state index contributed by atoms with van der Waals surface area (Å²) in [5.41, 5.74) is 2.63. The van der Waals surface area contributed by atoms with Crippen molar-refractivity contribution in [2.24, 2.45) is 10.8 Å². The third kappa shape index (κ3) is 3.96. The van der Waals surface area contributed by atoms with Gasteiger partial charge in [0, 0.05) is 5.54 Å². The highest BCUT2D eigenvalue weighted by Gasteiger charge is 2.16. The number of hydrazine groups is 1. The molecule has 1 fully saturated rings. The summed E-state index contributed by atoms with van der Waals surface area (Å²) in [6, 6.07) is 0.455. The third-order valence-electron chi connectivity index (χ3n) is 2.27. The monoisotopic (exact) mass is 198 g/mol. The van der Waals surface area contributed by atoms with Gasteiger partial charge in [-0.15, -0.1) is 0 Å². The summed E-state index contributed by atoms with van der Waals surface area (Å²) in [5.74, 6) is 6.13. The van der Waals surface area contributed by atoms with Crippen LogP contribution in [0.5, 0.6) is 0 Å². The average Bonchev–Trinajstić information content (AvgIpc) is 2.53. The van der Waals surface area contributed by atoms with Crippen LogP contribution in [-0.4, -0.2) is 17.5 Å². The Morgan fingerprint density at radius 3 is 2.29 bits per heavy atom. The Hall–Kier alpha value is -0.770. The molecule has 4 nitrogen and oxygen atoms in total. The van der Waals surface area contributed by atoms with E-state index >= 15 is 0 Å². The second-order valence-corrected chi connectivity index (χ2v) is 4.94. The molecule has 1 aliphatic rings. The molecule has 0 aliphatic heterocycles. The van der Waals surface area contributed by atoms with Crippen LogP contribution in [0.1, 0.15) is 46.5 Å². The van der Waals surface area contributed by atoms with Crippen molar-refractivity contribution in [2.45, 2.75) is 58.0 Å². The van der Waals surface area contributed by atoms with Crippen molar-refractivity contribution in [1.82, 2.24) is 10.7 Å². The molecule has 0 unspecified atom stereocenters. The highest BCUT2D eigenvalue weighted by molar-refractivity contribution is 5.80. The van der Waals surface area contributed by atoms with Gasteiger partial charge in [0.15, 0.2) is 0 Å². The molecule has 0 aromatic rings. The Bertz CT molecular complexity index is 199. The summed E-state index contributed by atoms with van der Waals surface area (Å²) >= 11 is 0. The fourth-order valence-corrected chi connectivity index (χ4v) is 1.68. The summed E-state index contributed by atoms with van der Waals surface area (Å²) in [4.78, 5) is 4.55. The molecular weight excluding hydrogens is 176 g/mol. The number of nitrogens with two attached hydrogens (primary N) is 1. The summed E-state index contributed by atoms with van der Waals surface area (Å²) in [7, 11) is 0. The van der Waals surface area contributed by atoms with Crippen molar-refractivity contribution in [3.05, 3.63) is 0 Å². The first-order valence-corrected chi connectivity index (χ1v) is 5.34. The quantitative estimate of drug-likeness (QED) is 0.256. The van der Waals surface area contributed by atoms with Crippen molar-refractivity contribution in [3.8, 4) is 0 Å². The molecule has 1 aliphatic carbocycles. The SMILES string of the molecule is CC(C)(C)NC(=NC1CCCC1)NN. The Kier molecular flexibility index (Phi) is 3.75. The lowest BCUT2D eigenvalue weighted by Gasteiger charge is -2.23. The molecule has 0 radical (unpaired) electrons. The normalized spacial score (nSPS) is 19.9. The fraction of sp³-hybridized carbons (Fsp3) is 0.900. The summed E-state index contributed by atoms with van der Waals surface area (Å²) in [6.07, 6.45) is 4.97. The predicted molar refractivity (Wildman–Crippen MR) is 59.9 cm³/mol. The zero-order chi connectivity index (χ0) is 10.6. The third-order valence-corrected chi connectivity index (χ3v) is 2.27. The second-order valence-electron chi connectivity index (χ2n) is 4.94. The van der Waals surface area contributed by atoms with E-state index < -0.39 is 0 Å². The van der Waals surface area contributed by atoms with Crippen LogP contribution in [0.3, 0.4) is 0 Å². The van der Waals surface area contributed by atoms with Gasteiger partial charge >= 0.3 is 0 Å². The van der Waals surface area contributed by atoms with E-state index in [1.165, 1.54) is 25.7 Å². The first kappa shape index (κ1) is 11.3. The zero-order valence-electron chi connectivity index (χ0n) is 9.43. The lowest BCUT2D eigenvalue weighted by atomic mass is 10.1. The summed E-state index contributed by atoms with van der Waals surface area (Å²) in [6.45, 7) is 6.28. The van der Waals surface area contributed by atoms with Crippen molar-refractivity contribution in [3.63, 3.8) is 0 Å². The number of hydrogen-bond donors (Lipinski definition) is 3. The van der Waals surface area contributed by atoms with Gasteiger partial charge in [0.25, 0.3) is 0 Å². The minimum absolute atomic E-state index is 0.00378. The van der Waals surface area contributed by atoms with Crippen molar-refractivity contribution < 1.29 is 0 Å². The molecule has 0 atom stereocenters. The molecule has 0 aromatic heterocycles. The first-order valence-electron chi connectivity index (χ1n) is 5.34. The molecule has 0 heterocycles. The van der Waals surface area contributed by atoms with Gasteiger partial charge < -0.3 is 5.32 Å². The van der Waals surface area contributed by atoms with Gasteiger partial charge in [-0.3, -0.25) is 5.43 Å². The number of rotatable bonds is 1. The zero-order valence-corrected chi connectivity index (χ0v) is 9.43. The number of nitrogens with one attached hydrogen (secondary N) is 2. The molecule has 0 saturated heterocycles. The van der Waals surface area contributed by atoms with Crippen LogP contribution >= 0.6 is 0 Å². The van der Waals surface area contributed by atoms with Gasteiger partial charge in [0.2, 0.25) is 5.96 Å². The van der Waals surface area contributed by atoms with Gasteiger partial charge in [-0.1, -0.05) is 12.8 Å². The van der Waals surface area contributed by atoms with Gasteiger partial charge in [-0.25, -0.2) is 10.8 Å². The van der Waals surface area contributed by atoms with Gasteiger partial charge in [-0.05, 0) is 33.6 Å². The van der Waals surface area contributed by atoms with E-state index in [0.717, 1.165) is 0 Å². The molecule has 14 heavy (non-hydrogen) atoms. The number of guanidine groups is 1. The number of aliphatic imine (C=N–C) groups is 1. The van der Waals surface area contributed by atoms with Gasteiger partial charge in [0.1, 0.15) is 0 Å². The standard InChI is InChI=1S/C10H22N4/c1-10(2,3)13-9(14-11)12-8-6-4-5-7-8/h8H,4-7,11H2,1-3H3,(H2,12,13,14). The molecule has 0 spiro atoms. The van der Waals surface area contributed by atoms with Crippen molar-refractivity contribution >= 4 is 5.96 Å². The molecule has 0 bridgehead atoms. The van der Waals surface area contributed by atoms with Crippen LogP contribution in [0.25, 0.3) is 0 Å². The lowest BCUT2D eigenvalue weighted by molar-refractivity contribution is 0.498. The molecule has 0 aromatic carbocycles. The van der Waals surface area contributed by atoms with E-state index in [-0.39, 0.29) is 5.54 Å². The Balaban J connectivity index is 2.51.